The molecule has 0 aliphatic carbocycles. The second kappa shape index (κ2) is 4.40. The van der Waals surface area contributed by atoms with Gasteiger partial charge in [-0.1, -0.05) is 5.16 Å². The molecule has 1 N–H and O–H groups in total. The zero-order valence-electron chi connectivity index (χ0n) is 9.74. The molecule has 18 heavy (non-hydrogen) atoms. The molecule has 0 fully saturated rings. The van der Waals surface area contributed by atoms with Gasteiger partial charge in [0.05, 0.1) is 11.6 Å². The second-order valence-electron chi connectivity index (χ2n) is 3.75. The van der Waals surface area contributed by atoms with Gasteiger partial charge in [-0.15, -0.1) is 0 Å². The van der Waals surface area contributed by atoms with Crippen LogP contribution in [0.1, 0.15) is 5.82 Å². The van der Waals surface area contributed by atoms with Crippen molar-refractivity contribution in [1.29, 1.82) is 0 Å². The number of hydrogen-bond donors (Lipinski definition) is 1. The molecule has 3 aromatic heterocycles. The van der Waals surface area contributed by atoms with Gasteiger partial charge in [0.1, 0.15) is 12.1 Å². The number of nitrogens with one attached hydrogen (secondary N) is 1. The maximum atomic E-state index is 4.66. The number of hydrogen-bond acceptors (Lipinski definition) is 7. The molecule has 0 radical (unpaired) electrons. The third-order valence-electron chi connectivity index (χ3n) is 2.58. The number of rotatable bonds is 4. The van der Waals surface area contributed by atoms with Gasteiger partial charge in [0.25, 0.3) is 0 Å². The summed E-state index contributed by atoms with van der Waals surface area (Å²) in [5.74, 6) is 1.43. The second-order valence-corrected chi connectivity index (χ2v) is 3.75. The molecular formula is C10H11N7O. The normalized spacial score (nSPS) is 10.9. The summed E-state index contributed by atoms with van der Waals surface area (Å²) in [6, 6.07) is 0. The lowest BCUT2D eigenvalue weighted by Gasteiger charge is -2.04. The van der Waals surface area contributed by atoms with E-state index in [2.05, 4.69) is 35.0 Å². The van der Waals surface area contributed by atoms with Crippen molar-refractivity contribution >= 4 is 16.9 Å². The molecule has 8 nitrogen and oxygen atoms in total. The van der Waals surface area contributed by atoms with Gasteiger partial charge in [-0.25, -0.2) is 9.97 Å². The first-order chi connectivity index (χ1) is 8.84. The molecule has 0 aliphatic rings. The lowest BCUT2D eigenvalue weighted by Crippen LogP contribution is -2.07. The van der Waals surface area contributed by atoms with E-state index in [4.69, 9.17) is 0 Å². The van der Waals surface area contributed by atoms with Gasteiger partial charge in [0, 0.05) is 20.0 Å². The fraction of sp³-hybridized carbons (Fsp3) is 0.300. The van der Waals surface area contributed by atoms with Gasteiger partial charge >= 0.3 is 0 Å². The minimum absolute atomic E-state index is 0.666. The standard InChI is InChI=1S/C10H11N7O/c1-17-10-7(4-15-17)9(12-5-13-10)11-3-2-8-14-6-18-16-8/h4-6H,2-3H2,1H3,(H,11,12,13). The number of aromatic nitrogens is 6. The lowest BCUT2D eigenvalue weighted by molar-refractivity contribution is 0.410. The van der Waals surface area contributed by atoms with Crippen molar-refractivity contribution in [2.45, 2.75) is 6.42 Å². The first kappa shape index (κ1) is 10.6. The summed E-state index contributed by atoms with van der Waals surface area (Å²) >= 11 is 0. The van der Waals surface area contributed by atoms with Gasteiger partial charge < -0.3 is 9.84 Å². The summed E-state index contributed by atoms with van der Waals surface area (Å²) in [5.41, 5.74) is 0.798. The maximum absolute atomic E-state index is 4.66. The van der Waals surface area contributed by atoms with E-state index >= 15 is 0 Å². The first-order valence-electron chi connectivity index (χ1n) is 5.46. The van der Waals surface area contributed by atoms with Crippen LogP contribution < -0.4 is 5.32 Å². The van der Waals surface area contributed by atoms with Crippen molar-refractivity contribution in [2.75, 3.05) is 11.9 Å². The van der Waals surface area contributed by atoms with Gasteiger partial charge in [-0.3, -0.25) is 4.68 Å². The minimum Gasteiger partial charge on any atom is -0.369 e. The molecule has 0 amide bonds. The van der Waals surface area contributed by atoms with Crippen molar-refractivity contribution in [1.82, 2.24) is 29.9 Å². The topological polar surface area (TPSA) is 94.6 Å². The summed E-state index contributed by atoms with van der Waals surface area (Å²) in [6.45, 7) is 0.667. The number of aryl methyl sites for hydroxylation is 1. The molecule has 8 heteroatoms. The molecule has 0 aromatic carbocycles. The Hall–Kier alpha value is -2.51. The van der Waals surface area contributed by atoms with E-state index in [1.807, 2.05) is 7.05 Å². The van der Waals surface area contributed by atoms with Crippen molar-refractivity contribution in [3.8, 4) is 0 Å². The van der Waals surface area contributed by atoms with E-state index in [1.54, 1.807) is 10.9 Å². The molecular weight excluding hydrogens is 234 g/mol. The summed E-state index contributed by atoms with van der Waals surface area (Å²) in [4.78, 5) is 12.3. The predicted octanol–water partition coefficient (Wildman–Crippen LogP) is 0.401. The SMILES string of the molecule is Cn1ncc2c(NCCc3ncon3)ncnc21. The molecule has 92 valence electrons. The van der Waals surface area contributed by atoms with Gasteiger partial charge in [-0.2, -0.15) is 10.1 Å². The smallest absolute Gasteiger partial charge is 0.213 e. The molecule has 0 aliphatic heterocycles. The highest BCUT2D eigenvalue weighted by molar-refractivity contribution is 5.85. The molecule has 0 spiro atoms. The van der Waals surface area contributed by atoms with Crippen LogP contribution in [0.2, 0.25) is 0 Å². The van der Waals surface area contributed by atoms with E-state index in [0.717, 1.165) is 16.9 Å². The van der Waals surface area contributed by atoms with Crippen molar-refractivity contribution < 1.29 is 4.52 Å². The van der Waals surface area contributed by atoms with Crippen molar-refractivity contribution in [3.05, 3.63) is 24.7 Å². The highest BCUT2D eigenvalue weighted by Gasteiger charge is 2.07. The van der Waals surface area contributed by atoms with Crippen molar-refractivity contribution in [2.24, 2.45) is 7.05 Å². The Morgan fingerprint density at radius 1 is 1.33 bits per heavy atom. The maximum Gasteiger partial charge on any atom is 0.213 e. The van der Waals surface area contributed by atoms with E-state index < -0.39 is 0 Å². The quantitative estimate of drug-likeness (QED) is 0.710. The molecule has 3 aromatic rings. The Balaban J connectivity index is 1.74. The third-order valence-corrected chi connectivity index (χ3v) is 2.58. The lowest BCUT2D eigenvalue weighted by atomic mass is 10.3. The fourth-order valence-electron chi connectivity index (χ4n) is 1.70. The monoisotopic (exact) mass is 245 g/mol. The van der Waals surface area contributed by atoms with Gasteiger partial charge in [0.2, 0.25) is 6.39 Å². The first-order valence-corrected chi connectivity index (χ1v) is 5.46. The minimum atomic E-state index is 0.666. The van der Waals surface area contributed by atoms with Crippen LogP contribution in [0.5, 0.6) is 0 Å². The third kappa shape index (κ3) is 1.88. The number of anilines is 1. The van der Waals surface area contributed by atoms with Crippen LogP contribution in [0.4, 0.5) is 5.82 Å². The zero-order chi connectivity index (χ0) is 12.4. The largest absolute Gasteiger partial charge is 0.369 e. The van der Waals surface area contributed by atoms with Crippen molar-refractivity contribution in [3.63, 3.8) is 0 Å². The molecule has 3 heterocycles. The highest BCUT2D eigenvalue weighted by Crippen LogP contribution is 2.17. The summed E-state index contributed by atoms with van der Waals surface area (Å²) in [7, 11) is 1.85. The number of fused-ring (bicyclic) bond motifs is 1. The predicted molar refractivity (Wildman–Crippen MR) is 62.8 cm³/mol. The summed E-state index contributed by atoms with van der Waals surface area (Å²) < 4.78 is 6.37. The Kier molecular flexibility index (Phi) is 2.60. The van der Waals surface area contributed by atoms with E-state index in [0.29, 0.717) is 18.8 Å². The Labute approximate surface area is 102 Å². The molecule has 0 bridgehead atoms. The summed E-state index contributed by atoms with van der Waals surface area (Å²) in [5, 5.41) is 12.0. The molecule has 3 rings (SSSR count). The van der Waals surface area contributed by atoms with E-state index in [9.17, 15) is 0 Å². The van der Waals surface area contributed by atoms with Crippen LogP contribution in [-0.4, -0.2) is 36.4 Å². The van der Waals surface area contributed by atoms with Crippen LogP contribution in [0, 0.1) is 0 Å². The van der Waals surface area contributed by atoms with Crippen LogP contribution >= 0.6 is 0 Å². The number of nitrogens with zero attached hydrogens (tertiary/aromatic N) is 6. The summed E-state index contributed by atoms with van der Waals surface area (Å²) in [6.07, 6.45) is 5.24. The van der Waals surface area contributed by atoms with Gasteiger partial charge in [0.15, 0.2) is 11.5 Å². The Morgan fingerprint density at radius 3 is 3.11 bits per heavy atom. The fourth-order valence-corrected chi connectivity index (χ4v) is 1.70. The molecule has 0 unspecified atom stereocenters. The van der Waals surface area contributed by atoms with Crippen LogP contribution in [0.25, 0.3) is 11.0 Å². The van der Waals surface area contributed by atoms with Crippen LogP contribution in [0.3, 0.4) is 0 Å². The average molecular weight is 245 g/mol. The van der Waals surface area contributed by atoms with Gasteiger partial charge in [-0.05, 0) is 0 Å². The van der Waals surface area contributed by atoms with Crippen LogP contribution in [0.15, 0.2) is 23.4 Å². The highest BCUT2D eigenvalue weighted by atomic mass is 16.5. The average Bonchev–Trinajstić information content (AvgIpc) is 3.01. The zero-order valence-corrected chi connectivity index (χ0v) is 9.74. The van der Waals surface area contributed by atoms with E-state index in [1.165, 1.54) is 12.7 Å². The molecule has 0 saturated heterocycles. The Bertz CT molecular complexity index is 645. The van der Waals surface area contributed by atoms with E-state index in [-0.39, 0.29) is 0 Å². The molecule has 0 atom stereocenters. The Morgan fingerprint density at radius 2 is 2.28 bits per heavy atom. The molecule has 0 saturated carbocycles. The van der Waals surface area contributed by atoms with Crippen LogP contribution in [-0.2, 0) is 13.5 Å².